The van der Waals surface area contributed by atoms with Gasteiger partial charge in [-0.3, -0.25) is 4.79 Å². The van der Waals surface area contributed by atoms with Gasteiger partial charge in [-0.25, -0.2) is 21.9 Å². The molecule has 0 aromatic carbocycles. The van der Waals surface area contributed by atoms with Crippen molar-refractivity contribution in [1.82, 2.24) is 4.72 Å². The van der Waals surface area contributed by atoms with Crippen molar-refractivity contribution in [1.29, 1.82) is 0 Å². The molecule has 100 valence electrons. The first kappa shape index (κ1) is 14.3. The van der Waals surface area contributed by atoms with Gasteiger partial charge in [-0.1, -0.05) is 0 Å². The molecule has 1 aliphatic carbocycles. The molecule has 0 bridgehead atoms. The summed E-state index contributed by atoms with van der Waals surface area (Å²) in [5.74, 6) is -6.26. The van der Waals surface area contributed by atoms with Crippen molar-refractivity contribution < 1.29 is 27.1 Å². The molecule has 0 aliphatic heterocycles. The Morgan fingerprint density at radius 2 is 2.18 bits per heavy atom. The van der Waals surface area contributed by atoms with Gasteiger partial charge in [0.25, 0.3) is 5.92 Å². The Morgan fingerprint density at radius 3 is 2.59 bits per heavy atom. The second-order valence-electron chi connectivity index (χ2n) is 4.31. The van der Waals surface area contributed by atoms with Crippen LogP contribution in [0.4, 0.5) is 8.78 Å². The molecule has 0 radical (unpaired) electrons. The molecule has 0 aromatic heterocycles. The van der Waals surface area contributed by atoms with E-state index >= 15 is 0 Å². The fourth-order valence-electron chi connectivity index (χ4n) is 1.84. The number of carboxylic acids is 1. The van der Waals surface area contributed by atoms with Gasteiger partial charge in [0, 0.05) is 12.3 Å². The number of hydrogen-bond donors (Lipinski definition) is 2. The third-order valence-corrected chi connectivity index (χ3v) is 4.36. The summed E-state index contributed by atoms with van der Waals surface area (Å²) in [4.78, 5) is 10.5. The van der Waals surface area contributed by atoms with Crippen molar-refractivity contribution in [2.24, 2.45) is 5.92 Å². The van der Waals surface area contributed by atoms with Gasteiger partial charge in [-0.2, -0.15) is 0 Å². The molecule has 0 spiro atoms. The molecule has 17 heavy (non-hydrogen) atoms. The molecule has 0 heterocycles. The van der Waals surface area contributed by atoms with Crippen LogP contribution in [0.15, 0.2) is 0 Å². The van der Waals surface area contributed by atoms with Gasteiger partial charge in [-0.15, -0.1) is 0 Å². The number of alkyl halides is 2. The van der Waals surface area contributed by atoms with Gasteiger partial charge in [0.15, 0.2) is 0 Å². The van der Waals surface area contributed by atoms with Crippen LogP contribution >= 0.6 is 0 Å². The number of aliphatic carboxylic acids is 1. The summed E-state index contributed by atoms with van der Waals surface area (Å²) in [6.45, 7) is 1.15. The normalized spacial score (nSPS) is 25.7. The maximum Gasteiger partial charge on any atom is 0.321 e. The first-order chi connectivity index (χ1) is 7.64. The van der Waals surface area contributed by atoms with Crippen molar-refractivity contribution in [3.63, 3.8) is 0 Å². The lowest BCUT2D eigenvalue weighted by Gasteiger charge is -2.19. The molecule has 1 unspecified atom stereocenters. The zero-order valence-corrected chi connectivity index (χ0v) is 10.1. The largest absolute Gasteiger partial charge is 0.480 e. The lowest BCUT2D eigenvalue weighted by atomic mass is 10.1. The summed E-state index contributed by atoms with van der Waals surface area (Å²) in [5.41, 5.74) is 0. The number of halogens is 2. The Hall–Kier alpha value is -0.760. The van der Waals surface area contributed by atoms with Crippen LogP contribution in [0.25, 0.3) is 0 Å². The van der Waals surface area contributed by atoms with Crippen LogP contribution in [0.1, 0.15) is 26.2 Å². The Morgan fingerprint density at radius 1 is 1.59 bits per heavy atom. The van der Waals surface area contributed by atoms with Crippen molar-refractivity contribution >= 4 is 16.0 Å². The van der Waals surface area contributed by atoms with Gasteiger partial charge >= 0.3 is 5.97 Å². The lowest BCUT2D eigenvalue weighted by molar-refractivity contribution is -0.138. The minimum atomic E-state index is -3.99. The predicted octanol–water partition coefficient (Wildman–Crippen LogP) is 0.814. The second-order valence-corrected chi connectivity index (χ2v) is 6.11. The fraction of sp³-hybridized carbons (Fsp3) is 0.889. The Bertz CT molecular complexity index is 396. The number of sulfonamides is 1. The van der Waals surface area contributed by atoms with E-state index in [-0.39, 0.29) is 12.8 Å². The van der Waals surface area contributed by atoms with E-state index in [4.69, 9.17) is 5.11 Å². The lowest BCUT2D eigenvalue weighted by Crippen LogP contribution is -2.42. The summed E-state index contributed by atoms with van der Waals surface area (Å²) in [7, 11) is -3.99. The third kappa shape index (κ3) is 3.88. The number of carboxylic acid groups (broad SMARTS) is 1. The Labute approximate surface area is 98.3 Å². The quantitative estimate of drug-likeness (QED) is 0.775. The van der Waals surface area contributed by atoms with Crippen LogP contribution in [-0.2, 0) is 14.8 Å². The van der Waals surface area contributed by atoms with Crippen LogP contribution in [0.2, 0.25) is 0 Å². The molecule has 0 aromatic rings. The Balaban J connectivity index is 2.64. The summed E-state index contributed by atoms with van der Waals surface area (Å²) >= 11 is 0. The van der Waals surface area contributed by atoms with Crippen LogP contribution in [-0.4, -0.2) is 37.2 Å². The van der Waals surface area contributed by atoms with Gasteiger partial charge in [-0.05, 0) is 19.8 Å². The highest BCUT2D eigenvalue weighted by Gasteiger charge is 2.45. The van der Waals surface area contributed by atoms with E-state index in [1.54, 1.807) is 0 Å². The third-order valence-electron chi connectivity index (χ3n) is 2.81. The van der Waals surface area contributed by atoms with Gasteiger partial charge in [0.05, 0.1) is 5.75 Å². The van der Waals surface area contributed by atoms with Crippen molar-refractivity contribution in [2.45, 2.75) is 38.2 Å². The number of nitrogens with one attached hydrogen (secondary N) is 1. The van der Waals surface area contributed by atoms with E-state index in [0.717, 1.165) is 6.92 Å². The van der Waals surface area contributed by atoms with Crippen molar-refractivity contribution in [2.75, 3.05) is 5.75 Å². The van der Waals surface area contributed by atoms with E-state index < -0.39 is 39.6 Å². The Kier molecular flexibility index (Phi) is 4.08. The highest BCUT2D eigenvalue weighted by atomic mass is 32.2. The topological polar surface area (TPSA) is 83.5 Å². The average Bonchev–Trinajstić information content (AvgIpc) is 2.44. The summed E-state index contributed by atoms with van der Waals surface area (Å²) in [6.07, 6.45) is 0.138. The second kappa shape index (κ2) is 4.85. The van der Waals surface area contributed by atoms with E-state index in [1.807, 2.05) is 4.72 Å². The first-order valence-electron chi connectivity index (χ1n) is 5.25. The van der Waals surface area contributed by atoms with Crippen LogP contribution in [0, 0.1) is 5.92 Å². The SMILES string of the molecule is C[C@H](NS(=O)(=O)CC1CCCC1(F)F)C(=O)O. The van der Waals surface area contributed by atoms with Gasteiger partial charge in [0.1, 0.15) is 6.04 Å². The maximum atomic E-state index is 13.2. The minimum Gasteiger partial charge on any atom is -0.480 e. The number of rotatable bonds is 5. The highest BCUT2D eigenvalue weighted by Crippen LogP contribution is 2.40. The van der Waals surface area contributed by atoms with Crippen LogP contribution < -0.4 is 4.72 Å². The zero-order chi connectivity index (χ0) is 13.3. The number of carbonyl (C=O) groups is 1. The summed E-state index contributed by atoms with van der Waals surface area (Å²) in [5, 5.41) is 8.53. The molecular formula is C9H15F2NO4S. The van der Waals surface area contributed by atoms with E-state index in [2.05, 4.69) is 0 Å². The standard InChI is InChI=1S/C9H15F2NO4S/c1-6(8(13)14)12-17(15,16)5-7-3-2-4-9(7,10)11/h6-7,12H,2-5H2,1H3,(H,13,14)/t6-,7?/m0/s1. The molecule has 0 saturated heterocycles. The van der Waals surface area contributed by atoms with E-state index in [9.17, 15) is 22.0 Å². The molecule has 1 fully saturated rings. The number of hydrogen-bond acceptors (Lipinski definition) is 3. The highest BCUT2D eigenvalue weighted by molar-refractivity contribution is 7.89. The fourth-order valence-corrected chi connectivity index (χ4v) is 3.51. The molecule has 5 nitrogen and oxygen atoms in total. The van der Waals surface area contributed by atoms with E-state index in [0.29, 0.717) is 6.42 Å². The molecule has 2 N–H and O–H groups in total. The average molecular weight is 271 g/mol. The van der Waals surface area contributed by atoms with Gasteiger partial charge in [0.2, 0.25) is 10.0 Å². The maximum absolute atomic E-state index is 13.2. The molecule has 8 heteroatoms. The molecule has 2 atom stereocenters. The van der Waals surface area contributed by atoms with Gasteiger partial charge < -0.3 is 5.11 Å². The molecule has 1 saturated carbocycles. The smallest absolute Gasteiger partial charge is 0.321 e. The van der Waals surface area contributed by atoms with E-state index in [1.165, 1.54) is 0 Å². The summed E-state index contributed by atoms with van der Waals surface area (Å²) in [6, 6.07) is -1.31. The molecule has 0 amide bonds. The van der Waals surface area contributed by atoms with Crippen molar-refractivity contribution in [3.8, 4) is 0 Å². The van der Waals surface area contributed by atoms with Crippen molar-refractivity contribution in [3.05, 3.63) is 0 Å². The monoisotopic (exact) mass is 271 g/mol. The minimum absolute atomic E-state index is 0.148. The zero-order valence-electron chi connectivity index (χ0n) is 9.32. The van der Waals surface area contributed by atoms with Crippen LogP contribution in [0.5, 0.6) is 0 Å². The van der Waals surface area contributed by atoms with Crippen LogP contribution in [0.3, 0.4) is 0 Å². The molecule has 1 aliphatic rings. The summed E-state index contributed by atoms with van der Waals surface area (Å²) < 4.78 is 51.3. The molecule has 1 rings (SSSR count). The predicted molar refractivity (Wildman–Crippen MR) is 56.3 cm³/mol. The molecular weight excluding hydrogens is 256 g/mol. The first-order valence-corrected chi connectivity index (χ1v) is 6.90.